The fourth-order valence-electron chi connectivity index (χ4n) is 1.86. The Balaban J connectivity index is 1.75. The van der Waals surface area contributed by atoms with E-state index in [0.29, 0.717) is 17.9 Å². The zero-order valence-corrected chi connectivity index (χ0v) is 12.6. The number of benzene rings is 2. The Morgan fingerprint density at radius 3 is 2.24 bits per heavy atom. The maximum atomic E-state index is 11.7. The molecule has 0 spiro atoms. The lowest BCUT2D eigenvalue weighted by atomic mass is 10.1. The monoisotopic (exact) mass is 304 g/mol. The molecule has 2 aromatic rings. The topological polar surface area (TPSA) is 35.5 Å². The van der Waals surface area contributed by atoms with Gasteiger partial charge in [0.1, 0.15) is 12.4 Å². The first kappa shape index (κ1) is 15.4. The molecule has 0 aromatic heterocycles. The number of halogens is 1. The third-order valence-corrected chi connectivity index (χ3v) is 3.34. The van der Waals surface area contributed by atoms with Gasteiger partial charge in [0.2, 0.25) is 0 Å². The molecule has 110 valence electrons. The van der Waals surface area contributed by atoms with Gasteiger partial charge in [0.25, 0.3) is 0 Å². The first-order valence-corrected chi connectivity index (χ1v) is 7.08. The zero-order chi connectivity index (χ0) is 15.1. The molecule has 0 saturated heterocycles. The molecule has 0 fully saturated rings. The van der Waals surface area contributed by atoms with Crippen molar-refractivity contribution in [2.75, 3.05) is 7.11 Å². The fraction of sp³-hybridized carbons (Fsp3) is 0.235. The van der Waals surface area contributed by atoms with Gasteiger partial charge in [-0.3, -0.25) is 4.79 Å². The number of rotatable bonds is 6. The lowest BCUT2D eigenvalue weighted by Crippen LogP contribution is -2.05. The second-order valence-corrected chi connectivity index (χ2v) is 5.07. The van der Waals surface area contributed by atoms with Gasteiger partial charge in [0, 0.05) is 11.4 Å². The molecule has 21 heavy (non-hydrogen) atoms. The summed E-state index contributed by atoms with van der Waals surface area (Å²) in [5, 5.41) is 0.695. The van der Waals surface area contributed by atoms with E-state index in [2.05, 4.69) is 0 Å². The predicted octanol–water partition coefficient (Wildman–Crippen LogP) is 4.02. The summed E-state index contributed by atoms with van der Waals surface area (Å²) < 4.78 is 10.3. The highest BCUT2D eigenvalue weighted by atomic mass is 35.5. The molecule has 4 heteroatoms. The van der Waals surface area contributed by atoms with Gasteiger partial charge in [0.15, 0.2) is 0 Å². The fourth-order valence-corrected chi connectivity index (χ4v) is 1.98. The first-order chi connectivity index (χ1) is 10.2. The van der Waals surface area contributed by atoms with E-state index in [-0.39, 0.29) is 12.6 Å². The average Bonchev–Trinajstić information content (AvgIpc) is 2.53. The average molecular weight is 305 g/mol. The van der Waals surface area contributed by atoms with Gasteiger partial charge in [-0.2, -0.15) is 0 Å². The second kappa shape index (κ2) is 7.70. The van der Waals surface area contributed by atoms with E-state index in [0.717, 1.165) is 16.9 Å². The summed E-state index contributed by atoms with van der Waals surface area (Å²) in [6, 6.07) is 14.9. The van der Waals surface area contributed by atoms with Gasteiger partial charge in [-0.1, -0.05) is 35.9 Å². The van der Waals surface area contributed by atoms with Crippen LogP contribution >= 0.6 is 11.6 Å². The van der Waals surface area contributed by atoms with Gasteiger partial charge < -0.3 is 9.47 Å². The minimum absolute atomic E-state index is 0.208. The van der Waals surface area contributed by atoms with Crippen LogP contribution in [0.5, 0.6) is 5.75 Å². The van der Waals surface area contributed by atoms with Crippen LogP contribution < -0.4 is 4.74 Å². The Morgan fingerprint density at radius 2 is 1.62 bits per heavy atom. The first-order valence-electron chi connectivity index (χ1n) is 6.70. The highest BCUT2D eigenvalue weighted by Gasteiger charge is 2.04. The van der Waals surface area contributed by atoms with Crippen LogP contribution in [0.4, 0.5) is 0 Å². The maximum absolute atomic E-state index is 11.7. The normalized spacial score (nSPS) is 10.2. The molecule has 0 aliphatic carbocycles. The Labute approximate surface area is 129 Å². The molecule has 0 aliphatic heterocycles. The lowest BCUT2D eigenvalue weighted by molar-refractivity contribution is -0.144. The van der Waals surface area contributed by atoms with E-state index in [9.17, 15) is 4.79 Å². The van der Waals surface area contributed by atoms with Crippen LogP contribution in [0.3, 0.4) is 0 Å². The Hall–Kier alpha value is -2.00. The summed E-state index contributed by atoms with van der Waals surface area (Å²) in [4.78, 5) is 11.7. The summed E-state index contributed by atoms with van der Waals surface area (Å²) in [6.45, 7) is 0.281. The quantitative estimate of drug-likeness (QED) is 0.756. The summed E-state index contributed by atoms with van der Waals surface area (Å²) in [5.74, 6) is 0.577. The molecule has 0 atom stereocenters. The number of methoxy groups -OCH3 is 1. The van der Waals surface area contributed by atoms with E-state index in [1.165, 1.54) is 0 Å². The maximum Gasteiger partial charge on any atom is 0.306 e. The van der Waals surface area contributed by atoms with Crippen LogP contribution in [0.1, 0.15) is 17.5 Å². The Morgan fingerprint density at radius 1 is 1.00 bits per heavy atom. The summed E-state index contributed by atoms with van der Waals surface area (Å²) >= 11 is 5.81. The molecule has 0 unspecified atom stereocenters. The van der Waals surface area contributed by atoms with E-state index in [1.54, 1.807) is 7.11 Å². The summed E-state index contributed by atoms with van der Waals surface area (Å²) in [5.41, 5.74) is 2.01. The van der Waals surface area contributed by atoms with Gasteiger partial charge in [-0.05, 0) is 41.8 Å². The minimum Gasteiger partial charge on any atom is -0.497 e. The van der Waals surface area contributed by atoms with Crippen LogP contribution in [0.15, 0.2) is 48.5 Å². The minimum atomic E-state index is -0.208. The van der Waals surface area contributed by atoms with Crippen molar-refractivity contribution in [2.24, 2.45) is 0 Å². The van der Waals surface area contributed by atoms with Gasteiger partial charge in [0.05, 0.1) is 7.11 Å². The van der Waals surface area contributed by atoms with Gasteiger partial charge in [-0.15, -0.1) is 0 Å². The van der Waals surface area contributed by atoms with Crippen LogP contribution in [0.2, 0.25) is 5.02 Å². The van der Waals surface area contributed by atoms with E-state index >= 15 is 0 Å². The van der Waals surface area contributed by atoms with E-state index in [1.807, 2.05) is 48.5 Å². The number of ether oxygens (including phenoxy) is 2. The second-order valence-electron chi connectivity index (χ2n) is 4.64. The molecule has 0 radical (unpaired) electrons. The number of aryl methyl sites for hydroxylation is 1. The Kier molecular flexibility index (Phi) is 5.64. The standard InChI is InChI=1S/C17H17ClO3/c1-20-16-9-4-14(5-10-16)12-21-17(19)11-6-13-2-7-15(18)8-3-13/h2-5,7-10H,6,11-12H2,1H3. The van der Waals surface area contributed by atoms with E-state index < -0.39 is 0 Å². The van der Waals surface area contributed by atoms with Gasteiger partial charge in [-0.25, -0.2) is 0 Å². The number of carbonyl (C=O) groups excluding carboxylic acids is 1. The van der Waals surface area contributed by atoms with Crippen molar-refractivity contribution in [1.82, 2.24) is 0 Å². The van der Waals surface area contributed by atoms with Crippen molar-refractivity contribution >= 4 is 17.6 Å². The zero-order valence-electron chi connectivity index (χ0n) is 11.8. The number of carbonyl (C=O) groups is 1. The van der Waals surface area contributed by atoms with Crippen molar-refractivity contribution in [3.63, 3.8) is 0 Å². The number of hydrogen-bond donors (Lipinski definition) is 0. The molecule has 0 saturated carbocycles. The van der Waals surface area contributed by atoms with Crippen molar-refractivity contribution in [3.8, 4) is 5.75 Å². The smallest absolute Gasteiger partial charge is 0.306 e. The van der Waals surface area contributed by atoms with Crippen molar-refractivity contribution in [3.05, 3.63) is 64.7 Å². The SMILES string of the molecule is COc1ccc(COC(=O)CCc2ccc(Cl)cc2)cc1. The van der Waals surface area contributed by atoms with Crippen molar-refractivity contribution in [2.45, 2.75) is 19.4 Å². The van der Waals surface area contributed by atoms with Crippen LogP contribution in [0, 0.1) is 0 Å². The third-order valence-electron chi connectivity index (χ3n) is 3.09. The van der Waals surface area contributed by atoms with Crippen LogP contribution in [-0.4, -0.2) is 13.1 Å². The highest BCUT2D eigenvalue weighted by molar-refractivity contribution is 6.30. The molecule has 0 bridgehead atoms. The largest absolute Gasteiger partial charge is 0.497 e. The predicted molar refractivity (Wildman–Crippen MR) is 82.6 cm³/mol. The number of esters is 1. The Bertz CT molecular complexity index is 576. The summed E-state index contributed by atoms with van der Waals surface area (Å²) in [6.07, 6.45) is 1.01. The number of hydrogen-bond acceptors (Lipinski definition) is 3. The van der Waals surface area contributed by atoms with Gasteiger partial charge >= 0.3 is 5.97 Å². The van der Waals surface area contributed by atoms with Crippen LogP contribution in [-0.2, 0) is 22.6 Å². The van der Waals surface area contributed by atoms with Crippen LogP contribution in [0.25, 0.3) is 0 Å². The summed E-state index contributed by atoms with van der Waals surface area (Å²) in [7, 11) is 1.62. The third kappa shape index (κ3) is 5.12. The lowest BCUT2D eigenvalue weighted by Gasteiger charge is -2.06. The molecule has 0 amide bonds. The van der Waals surface area contributed by atoms with E-state index in [4.69, 9.17) is 21.1 Å². The molecule has 2 aromatic carbocycles. The van der Waals surface area contributed by atoms with Crippen molar-refractivity contribution in [1.29, 1.82) is 0 Å². The molecule has 0 N–H and O–H groups in total. The molecular weight excluding hydrogens is 288 g/mol. The highest BCUT2D eigenvalue weighted by Crippen LogP contribution is 2.13. The molecule has 0 heterocycles. The molecule has 3 nitrogen and oxygen atoms in total. The molecular formula is C17H17ClO3. The molecule has 2 rings (SSSR count). The van der Waals surface area contributed by atoms with Crippen molar-refractivity contribution < 1.29 is 14.3 Å². The molecule has 0 aliphatic rings.